The van der Waals surface area contributed by atoms with Gasteiger partial charge in [0.2, 0.25) is 0 Å². The number of carbonyl (C=O) groups is 1. The quantitative estimate of drug-likeness (QED) is 0.823. The van der Waals surface area contributed by atoms with Gasteiger partial charge in [-0.2, -0.15) is 0 Å². The minimum Gasteiger partial charge on any atom is -0.493 e. The van der Waals surface area contributed by atoms with Crippen LogP contribution in [0.4, 0.5) is 4.39 Å². The summed E-state index contributed by atoms with van der Waals surface area (Å²) in [6, 6.07) is 5.77. The first-order valence-electron chi connectivity index (χ1n) is 6.37. The molecule has 2 rings (SSSR count). The van der Waals surface area contributed by atoms with Crippen molar-refractivity contribution in [2.24, 2.45) is 11.8 Å². The second-order valence-electron chi connectivity index (χ2n) is 4.65. The van der Waals surface area contributed by atoms with E-state index in [4.69, 9.17) is 9.47 Å². The molecule has 0 spiro atoms. The maximum atomic E-state index is 12.8. The first-order chi connectivity index (χ1) is 9.20. The number of benzene rings is 1. The summed E-state index contributed by atoms with van der Waals surface area (Å²) in [5, 5.41) is 3.22. The Morgan fingerprint density at radius 1 is 1.47 bits per heavy atom. The highest BCUT2D eigenvalue weighted by atomic mass is 19.1. The fourth-order valence-electron chi connectivity index (χ4n) is 2.29. The van der Waals surface area contributed by atoms with Crippen molar-refractivity contribution >= 4 is 5.97 Å². The molecule has 5 heteroatoms. The number of hydrogen-bond acceptors (Lipinski definition) is 4. The van der Waals surface area contributed by atoms with Crippen LogP contribution in [0.25, 0.3) is 0 Å². The van der Waals surface area contributed by atoms with E-state index in [0.29, 0.717) is 5.75 Å². The molecule has 0 aromatic heterocycles. The van der Waals surface area contributed by atoms with Crippen molar-refractivity contribution in [3.8, 4) is 5.75 Å². The van der Waals surface area contributed by atoms with E-state index in [-0.39, 0.29) is 30.2 Å². The molecule has 1 aromatic rings. The molecule has 4 nitrogen and oxygen atoms in total. The minimum atomic E-state index is -0.308. The number of ether oxygens (including phenoxy) is 2. The molecule has 1 saturated heterocycles. The van der Waals surface area contributed by atoms with E-state index < -0.39 is 0 Å². The maximum Gasteiger partial charge on any atom is 0.312 e. The van der Waals surface area contributed by atoms with Crippen molar-refractivity contribution < 1.29 is 18.7 Å². The molecule has 1 aromatic carbocycles. The van der Waals surface area contributed by atoms with E-state index in [9.17, 15) is 9.18 Å². The van der Waals surface area contributed by atoms with Gasteiger partial charge in [0, 0.05) is 0 Å². The summed E-state index contributed by atoms with van der Waals surface area (Å²) in [6.07, 6.45) is 0.937. The third-order valence-corrected chi connectivity index (χ3v) is 3.41. The van der Waals surface area contributed by atoms with E-state index >= 15 is 0 Å². The van der Waals surface area contributed by atoms with Gasteiger partial charge >= 0.3 is 5.97 Å². The third kappa shape index (κ3) is 3.67. The van der Waals surface area contributed by atoms with Crippen molar-refractivity contribution in [1.82, 2.24) is 5.32 Å². The van der Waals surface area contributed by atoms with Gasteiger partial charge in [-0.25, -0.2) is 4.39 Å². The van der Waals surface area contributed by atoms with Crippen molar-refractivity contribution in [2.45, 2.75) is 6.42 Å². The normalized spacial score (nSPS) is 20.0. The Labute approximate surface area is 111 Å². The molecular formula is C14H18FNO3. The highest BCUT2D eigenvalue weighted by molar-refractivity contribution is 5.73. The van der Waals surface area contributed by atoms with Gasteiger partial charge in [-0.3, -0.25) is 4.79 Å². The van der Waals surface area contributed by atoms with E-state index in [1.165, 1.54) is 19.2 Å². The standard InChI is InChI=1S/C14H18FNO3/c1-18-14(17)13(10-6-7-16-8-10)9-19-12-4-2-11(15)3-5-12/h2-5,10,13,16H,6-9H2,1H3. The monoisotopic (exact) mass is 267 g/mol. The first kappa shape index (κ1) is 13.8. The highest BCUT2D eigenvalue weighted by Gasteiger charge is 2.32. The Morgan fingerprint density at radius 2 is 2.21 bits per heavy atom. The molecule has 1 N–H and O–H groups in total. The van der Waals surface area contributed by atoms with Crippen molar-refractivity contribution in [1.29, 1.82) is 0 Å². The van der Waals surface area contributed by atoms with E-state index in [1.807, 2.05) is 0 Å². The molecule has 0 bridgehead atoms. The lowest BCUT2D eigenvalue weighted by Crippen LogP contribution is -2.31. The summed E-state index contributed by atoms with van der Waals surface area (Å²) >= 11 is 0. The molecule has 1 aliphatic rings. The SMILES string of the molecule is COC(=O)C(COc1ccc(F)cc1)C1CCNC1. The van der Waals surface area contributed by atoms with Gasteiger partial charge in [-0.05, 0) is 49.7 Å². The summed E-state index contributed by atoms with van der Waals surface area (Å²) in [5.74, 6) is -0.0631. The summed E-state index contributed by atoms with van der Waals surface area (Å²) < 4.78 is 23.2. The van der Waals surface area contributed by atoms with Crippen LogP contribution >= 0.6 is 0 Å². The smallest absolute Gasteiger partial charge is 0.312 e. The van der Waals surface area contributed by atoms with Gasteiger partial charge in [0.15, 0.2) is 0 Å². The molecule has 2 atom stereocenters. The van der Waals surface area contributed by atoms with Crippen LogP contribution in [0.5, 0.6) is 5.75 Å². The number of rotatable bonds is 5. The van der Waals surface area contributed by atoms with Crippen LogP contribution in [0.2, 0.25) is 0 Å². The Hall–Kier alpha value is -1.62. The Bertz CT molecular complexity index is 415. The van der Waals surface area contributed by atoms with Gasteiger partial charge in [-0.1, -0.05) is 0 Å². The van der Waals surface area contributed by atoms with Crippen LogP contribution in [-0.4, -0.2) is 32.8 Å². The van der Waals surface area contributed by atoms with Gasteiger partial charge in [0.25, 0.3) is 0 Å². The molecule has 104 valence electrons. The van der Waals surface area contributed by atoms with E-state index in [2.05, 4.69) is 5.32 Å². The minimum absolute atomic E-state index is 0.230. The molecule has 1 fully saturated rings. The fourth-order valence-corrected chi connectivity index (χ4v) is 2.29. The summed E-state index contributed by atoms with van der Waals surface area (Å²) in [7, 11) is 1.38. The molecule has 1 aliphatic heterocycles. The predicted molar refractivity (Wildman–Crippen MR) is 68.4 cm³/mol. The average molecular weight is 267 g/mol. The number of nitrogens with one attached hydrogen (secondary N) is 1. The van der Waals surface area contributed by atoms with Crippen molar-refractivity contribution in [3.05, 3.63) is 30.1 Å². The van der Waals surface area contributed by atoms with Gasteiger partial charge in [0.05, 0.1) is 13.0 Å². The van der Waals surface area contributed by atoms with Gasteiger partial charge in [-0.15, -0.1) is 0 Å². The molecule has 0 radical (unpaired) electrons. The molecule has 0 saturated carbocycles. The first-order valence-corrected chi connectivity index (χ1v) is 6.37. The summed E-state index contributed by atoms with van der Waals surface area (Å²) in [4.78, 5) is 11.8. The van der Waals surface area contributed by atoms with E-state index in [1.54, 1.807) is 12.1 Å². The number of esters is 1. The third-order valence-electron chi connectivity index (χ3n) is 3.41. The van der Waals surface area contributed by atoms with Crippen LogP contribution in [0.3, 0.4) is 0 Å². The Balaban J connectivity index is 1.95. The zero-order chi connectivity index (χ0) is 13.7. The second kappa shape index (κ2) is 6.52. The summed E-state index contributed by atoms with van der Waals surface area (Å²) in [6.45, 7) is 1.96. The van der Waals surface area contributed by atoms with Crippen LogP contribution in [0, 0.1) is 17.7 Å². The number of hydrogen-bond donors (Lipinski definition) is 1. The predicted octanol–water partition coefficient (Wildman–Crippen LogP) is 1.60. The molecule has 19 heavy (non-hydrogen) atoms. The van der Waals surface area contributed by atoms with Crippen molar-refractivity contribution in [2.75, 3.05) is 26.8 Å². The van der Waals surface area contributed by atoms with Crippen LogP contribution in [0.15, 0.2) is 24.3 Å². The largest absolute Gasteiger partial charge is 0.493 e. The lowest BCUT2D eigenvalue weighted by atomic mass is 9.92. The molecule has 0 amide bonds. The average Bonchev–Trinajstić information content (AvgIpc) is 2.94. The van der Waals surface area contributed by atoms with Crippen LogP contribution < -0.4 is 10.1 Å². The molecule has 2 unspecified atom stereocenters. The number of halogens is 1. The lowest BCUT2D eigenvalue weighted by Gasteiger charge is -2.20. The highest BCUT2D eigenvalue weighted by Crippen LogP contribution is 2.22. The summed E-state index contributed by atoms with van der Waals surface area (Å²) in [5.41, 5.74) is 0. The van der Waals surface area contributed by atoms with Crippen LogP contribution in [0.1, 0.15) is 6.42 Å². The number of carbonyl (C=O) groups excluding carboxylic acids is 1. The van der Waals surface area contributed by atoms with Crippen LogP contribution in [-0.2, 0) is 9.53 Å². The lowest BCUT2D eigenvalue weighted by molar-refractivity contribution is -0.148. The van der Waals surface area contributed by atoms with Gasteiger partial charge < -0.3 is 14.8 Å². The van der Waals surface area contributed by atoms with E-state index in [0.717, 1.165) is 19.5 Å². The topological polar surface area (TPSA) is 47.6 Å². The number of methoxy groups -OCH3 is 1. The zero-order valence-corrected chi connectivity index (χ0v) is 10.9. The van der Waals surface area contributed by atoms with Crippen molar-refractivity contribution in [3.63, 3.8) is 0 Å². The molecule has 1 heterocycles. The Morgan fingerprint density at radius 3 is 2.79 bits per heavy atom. The Kier molecular flexibility index (Phi) is 4.74. The molecule has 0 aliphatic carbocycles. The molecular weight excluding hydrogens is 249 g/mol. The maximum absolute atomic E-state index is 12.8. The fraction of sp³-hybridized carbons (Fsp3) is 0.500. The zero-order valence-electron chi connectivity index (χ0n) is 10.9. The second-order valence-corrected chi connectivity index (χ2v) is 4.65. The van der Waals surface area contributed by atoms with Gasteiger partial charge in [0.1, 0.15) is 18.2 Å².